The Hall–Kier alpha value is -1.69. The number of hydrogen-bond acceptors (Lipinski definition) is 5. The monoisotopic (exact) mass is 197 g/mol. The summed E-state index contributed by atoms with van der Waals surface area (Å²) in [5, 5.41) is 8.49. The van der Waals surface area contributed by atoms with Crippen molar-refractivity contribution in [1.29, 1.82) is 0 Å². The van der Waals surface area contributed by atoms with Gasteiger partial charge in [-0.3, -0.25) is 9.78 Å². The second-order valence-corrected chi connectivity index (χ2v) is 2.70. The number of carboxylic acids is 1. The van der Waals surface area contributed by atoms with E-state index in [9.17, 15) is 4.79 Å². The summed E-state index contributed by atoms with van der Waals surface area (Å²) >= 11 is 0. The quantitative estimate of drug-likeness (QED) is 0.680. The average Bonchev–Trinajstić information content (AvgIpc) is 2.16. The molecule has 0 aliphatic carbocycles. The molecule has 0 radical (unpaired) electrons. The normalized spacial score (nSPS) is 12.1. The van der Waals surface area contributed by atoms with Gasteiger partial charge in [-0.15, -0.1) is 0 Å². The maximum absolute atomic E-state index is 10.4. The molecule has 0 fully saturated rings. The Morgan fingerprint density at radius 1 is 1.64 bits per heavy atom. The second-order valence-electron chi connectivity index (χ2n) is 2.70. The Labute approximate surface area is 80.7 Å². The lowest BCUT2D eigenvalue weighted by Gasteiger charge is -2.09. The first-order chi connectivity index (χ1) is 6.61. The van der Waals surface area contributed by atoms with Crippen LogP contribution in [0.2, 0.25) is 0 Å². The fourth-order valence-electron chi connectivity index (χ4n) is 0.777. The van der Waals surface area contributed by atoms with E-state index in [1.54, 1.807) is 6.92 Å². The van der Waals surface area contributed by atoms with Gasteiger partial charge >= 0.3 is 5.97 Å². The Balaban J connectivity index is 2.54. The Morgan fingerprint density at radius 2 is 2.29 bits per heavy atom. The number of carbonyl (C=O) groups is 1. The molecule has 1 atom stereocenters. The number of nitrogens with zero attached hydrogens (tertiary/aromatic N) is 2. The molecule has 3 N–H and O–H groups in total. The lowest BCUT2D eigenvalue weighted by molar-refractivity contribution is -0.139. The number of aryl methyl sites for hydroxylation is 1. The van der Waals surface area contributed by atoms with Crippen molar-refractivity contribution in [2.24, 2.45) is 5.73 Å². The molecule has 1 aromatic heterocycles. The minimum absolute atomic E-state index is 0.116. The van der Waals surface area contributed by atoms with E-state index in [-0.39, 0.29) is 6.61 Å². The maximum atomic E-state index is 10.4. The molecular formula is C8H11N3O3. The number of aromatic nitrogens is 2. The summed E-state index contributed by atoms with van der Waals surface area (Å²) in [5.41, 5.74) is 5.84. The van der Waals surface area contributed by atoms with Gasteiger partial charge in [-0.25, -0.2) is 4.98 Å². The highest BCUT2D eigenvalue weighted by atomic mass is 16.5. The molecule has 1 rings (SSSR count). The van der Waals surface area contributed by atoms with Crippen LogP contribution in [0, 0.1) is 6.92 Å². The summed E-state index contributed by atoms with van der Waals surface area (Å²) in [5.74, 6) is -0.796. The van der Waals surface area contributed by atoms with Gasteiger partial charge in [0, 0.05) is 12.4 Å². The van der Waals surface area contributed by atoms with E-state index in [0.29, 0.717) is 11.6 Å². The predicted octanol–water partition coefficient (Wildman–Crippen LogP) is -0.424. The molecule has 6 nitrogen and oxygen atoms in total. The first-order valence-electron chi connectivity index (χ1n) is 4.00. The van der Waals surface area contributed by atoms with Crippen LogP contribution in [0.1, 0.15) is 5.69 Å². The molecule has 1 unspecified atom stereocenters. The van der Waals surface area contributed by atoms with Crippen LogP contribution >= 0.6 is 0 Å². The molecule has 0 saturated heterocycles. The van der Waals surface area contributed by atoms with Gasteiger partial charge in [-0.1, -0.05) is 0 Å². The van der Waals surface area contributed by atoms with Crippen LogP contribution in [0.25, 0.3) is 0 Å². The minimum Gasteiger partial charge on any atom is -0.480 e. The highest BCUT2D eigenvalue weighted by Crippen LogP contribution is 2.08. The second kappa shape index (κ2) is 4.52. The summed E-state index contributed by atoms with van der Waals surface area (Å²) in [6.45, 7) is 1.60. The van der Waals surface area contributed by atoms with E-state index in [2.05, 4.69) is 9.97 Å². The minimum atomic E-state index is -1.11. The van der Waals surface area contributed by atoms with Gasteiger partial charge in [0.05, 0.1) is 5.69 Å². The fourth-order valence-corrected chi connectivity index (χ4v) is 0.777. The van der Waals surface area contributed by atoms with Crippen LogP contribution in [0.5, 0.6) is 5.88 Å². The third-order valence-electron chi connectivity index (χ3n) is 1.55. The van der Waals surface area contributed by atoms with Crippen molar-refractivity contribution >= 4 is 5.97 Å². The number of hydrogen-bond donors (Lipinski definition) is 2. The van der Waals surface area contributed by atoms with Crippen molar-refractivity contribution in [3.8, 4) is 5.88 Å². The van der Waals surface area contributed by atoms with E-state index in [1.165, 1.54) is 12.4 Å². The standard InChI is InChI=1S/C8H11N3O3/c1-5-7(11-3-2-10-5)14-4-6(9)8(12)13/h2-3,6H,4,9H2,1H3,(H,12,13). The van der Waals surface area contributed by atoms with Gasteiger partial charge in [-0.05, 0) is 6.92 Å². The van der Waals surface area contributed by atoms with Gasteiger partial charge in [0.1, 0.15) is 12.6 Å². The van der Waals surface area contributed by atoms with Crippen molar-refractivity contribution in [1.82, 2.24) is 9.97 Å². The van der Waals surface area contributed by atoms with E-state index < -0.39 is 12.0 Å². The van der Waals surface area contributed by atoms with Crippen LogP contribution in [0.3, 0.4) is 0 Å². The SMILES string of the molecule is Cc1nccnc1OCC(N)C(=O)O. The summed E-state index contributed by atoms with van der Waals surface area (Å²) in [6, 6.07) is -1.04. The summed E-state index contributed by atoms with van der Waals surface area (Å²) in [6.07, 6.45) is 2.99. The Morgan fingerprint density at radius 3 is 2.86 bits per heavy atom. The highest BCUT2D eigenvalue weighted by Gasteiger charge is 2.13. The van der Waals surface area contributed by atoms with Crippen molar-refractivity contribution < 1.29 is 14.6 Å². The van der Waals surface area contributed by atoms with E-state index >= 15 is 0 Å². The maximum Gasteiger partial charge on any atom is 0.324 e. The lowest BCUT2D eigenvalue weighted by Crippen LogP contribution is -2.36. The first-order valence-corrected chi connectivity index (χ1v) is 4.00. The Kier molecular flexibility index (Phi) is 3.35. The van der Waals surface area contributed by atoms with Gasteiger partial charge in [-0.2, -0.15) is 0 Å². The summed E-state index contributed by atoms with van der Waals surface area (Å²) in [7, 11) is 0. The predicted molar refractivity (Wildman–Crippen MR) is 47.9 cm³/mol. The molecule has 14 heavy (non-hydrogen) atoms. The zero-order valence-corrected chi connectivity index (χ0v) is 7.67. The molecule has 0 aromatic carbocycles. The summed E-state index contributed by atoms with van der Waals surface area (Å²) in [4.78, 5) is 18.2. The first kappa shape index (κ1) is 10.4. The zero-order valence-electron chi connectivity index (χ0n) is 7.67. The molecule has 1 heterocycles. The lowest BCUT2D eigenvalue weighted by atomic mass is 10.3. The molecule has 0 aliphatic rings. The zero-order chi connectivity index (χ0) is 10.6. The van der Waals surface area contributed by atoms with E-state index in [0.717, 1.165) is 0 Å². The Bertz CT molecular complexity index is 329. The highest BCUT2D eigenvalue weighted by molar-refractivity contribution is 5.73. The van der Waals surface area contributed by atoms with Gasteiger partial charge in [0.25, 0.3) is 0 Å². The molecule has 0 saturated carbocycles. The molecule has 76 valence electrons. The molecular weight excluding hydrogens is 186 g/mol. The van der Waals surface area contributed by atoms with Crippen LogP contribution < -0.4 is 10.5 Å². The van der Waals surface area contributed by atoms with Crippen LogP contribution in [-0.2, 0) is 4.79 Å². The van der Waals surface area contributed by atoms with Crippen molar-refractivity contribution in [3.05, 3.63) is 18.1 Å². The third-order valence-corrected chi connectivity index (χ3v) is 1.55. The van der Waals surface area contributed by atoms with Crippen LogP contribution in [0.15, 0.2) is 12.4 Å². The van der Waals surface area contributed by atoms with Crippen LogP contribution in [0.4, 0.5) is 0 Å². The topological polar surface area (TPSA) is 98.3 Å². The molecule has 0 bridgehead atoms. The number of aliphatic carboxylic acids is 1. The molecule has 0 spiro atoms. The van der Waals surface area contributed by atoms with Crippen molar-refractivity contribution in [2.45, 2.75) is 13.0 Å². The number of nitrogens with two attached hydrogens (primary N) is 1. The van der Waals surface area contributed by atoms with Crippen molar-refractivity contribution in [3.63, 3.8) is 0 Å². The average molecular weight is 197 g/mol. The number of carboxylic acid groups (broad SMARTS) is 1. The smallest absolute Gasteiger partial charge is 0.324 e. The van der Waals surface area contributed by atoms with Gasteiger partial charge in [0.2, 0.25) is 5.88 Å². The largest absolute Gasteiger partial charge is 0.480 e. The fraction of sp³-hybridized carbons (Fsp3) is 0.375. The van der Waals surface area contributed by atoms with Gasteiger partial charge < -0.3 is 15.6 Å². The molecule has 6 heteroatoms. The van der Waals surface area contributed by atoms with Gasteiger partial charge in [0.15, 0.2) is 0 Å². The number of rotatable bonds is 4. The van der Waals surface area contributed by atoms with E-state index in [4.69, 9.17) is 15.6 Å². The number of ether oxygens (including phenoxy) is 1. The summed E-state index contributed by atoms with van der Waals surface area (Å²) < 4.78 is 5.08. The molecule has 1 aromatic rings. The molecule has 0 amide bonds. The van der Waals surface area contributed by atoms with Crippen molar-refractivity contribution in [2.75, 3.05) is 6.61 Å². The van der Waals surface area contributed by atoms with E-state index in [1.807, 2.05) is 0 Å². The molecule has 0 aliphatic heterocycles. The third kappa shape index (κ3) is 2.67. The van der Waals surface area contributed by atoms with Crippen LogP contribution in [-0.4, -0.2) is 33.7 Å².